The summed E-state index contributed by atoms with van der Waals surface area (Å²) in [5.74, 6) is -0.527. The smallest absolute Gasteiger partial charge is 0.255 e. The summed E-state index contributed by atoms with van der Waals surface area (Å²) in [7, 11) is -3.89. The quantitative estimate of drug-likeness (QED) is 0.358. The molecule has 8 heteroatoms. The summed E-state index contributed by atoms with van der Waals surface area (Å²) in [6, 6.07) is 21.5. The number of rotatable bonds is 8. The summed E-state index contributed by atoms with van der Waals surface area (Å²) >= 11 is 3.37. The van der Waals surface area contributed by atoms with E-state index >= 15 is 0 Å². The van der Waals surface area contributed by atoms with Crippen molar-refractivity contribution in [3.05, 3.63) is 99.5 Å². The lowest BCUT2D eigenvalue weighted by Gasteiger charge is -2.21. The second-order valence-corrected chi connectivity index (χ2v) is 10.3. The van der Waals surface area contributed by atoms with E-state index in [2.05, 4.69) is 26.5 Å². The molecule has 0 radical (unpaired) electrons. The van der Waals surface area contributed by atoms with Gasteiger partial charge in [0.1, 0.15) is 0 Å². The van der Waals surface area contributed by atoms with Crippen LogP contribution in [0.15, 0.2) is 87.3 Å². The van der Waals surface area contributed by atoms with Crippen LogP contribution in [-0.4, -0.2) is 31.4 Å². The Labute approximate surface area is 197 Å². The van der Waals surface area contributed by atoms with E-state index in [9.17, 15) is 13.2 Å². The van der Waals surface area contributed by atoms with E-state index in [1.807, 2.05) is 62.4 Å². The molecule has 0 aliphatic carbocycles. The van der Waals surface area contributed by atoms with Gasteiger partial charge in [0.05, 0.1) is 17.7 Å². The van der Waals surface area contributed by atoms with Crippen LogP contribution in [0.5, 0.6) is 0 Å². The van der Waals surface area contributed by atoms with Gasteiger partial charge >= 0.3 is 0 Å². The zero-order valence-corrected chi connectivity index (χ0v) is 20.2. The predicted molar refractivity (Wildman–Crippen MR) is 130 cm³/mol. The number of nitrogens with zero attached hydrogens (tertiary/aromatic N) is 2. The standard InChI is InChI=1S/C24H24BrN3O3S/c1-18-3-7-20(8-4-18)15-26-27-24(29)17-28(16-21-9-11-22(25)12-10-21)32(30,31)23-13-5-19(2)6-14-23/h3-15H,16-17H2,1-2H3,(H,27,29)/b26-15-. The van der Waals surface area contributed by atoms with Gasteiger partial charge < -0.3 is 0 Å². The van der Waals surface area contributed by atoms with Gasteiger partial charge in [0.25, 0.3) is 5.91 Å². The van der Waals surface area contributed by atoms with E-state index < -0.39 is 15.9 Å². The van der Waals surface area contributed by atoms with E-state index in [0.717, 1.165) is 31.0 Å². The van der Waals surface area contributed by atoms with Crippen molar-refractivity contribution >= 4 is 38.1 Å². The molecule has 0 fully saturated rings. The van der Waals surface area contributed by atoms with Gasteiger partial charge in [-0.3, -0.25) is 4.79 Å². The largest absolute Gasteiger partial charge is 0.272 e. The van der Waals surface area contributed by atoms with Gasteiger partial charge in [0, 0.05) is 11.0 Å². The molecule has 0 aliphatic rings. The number of hydrogen-bond acceptors (Lipinski definition) is 4. The summed E-state index contributed by atoms with van der Waals surface area (Å²) in [6.45, 7) is 3.56. The maximum atomic E-state index is 13.3. The highest BCUT2D eigenvalue weighted by Crippen LogP contribution is 2.20. The minimum atomic E-state index is -3.89. The number of benzene rings is 3. The van der Waals surface area contributed by atoms with Gasteiger partial charge in [-0.15, -0.1) is 0 Å². The Bertz CT molecular complexity index is 1190. The van der Waals surface area contributed by atoms with Crippen LogP contribution in [0.2, 0.25) is 0 Å². The molecule has 0 saturated heterocycles. The van der Waals surface area contributed by atoms with Crippen LogP contribution in [0.4, 0.5) is 0 Å². The third kappa shape index (κ3) is 6.59. The SMILES string of the molecule is Cc1ccc(/C=N\NC(=O)CN(Cc2ccc(Br)cc2)S(=O)(=O)c2ccc(C)cc2)cc1. The molecule has 0 atom stereocenters. The Morgan fingerprint density at radius 2 is 1.50 bits per heavy atom. The fraction of sp³-hybridized carbons (Fsp3) is 0.167. The molecule has 3 rings (SSSR count). The third-order valence-corrected chi connectivity index (χ3v) is 7.07. The number of sulfonamides is 1. The second-order valence-electron chi connectivity index (χ2n) is 7.42. The number of nitrogens with one attached hydrogen (secondary N) is 1. The van der Waals surface area contributed by atoms with Crippen molar-refractivity contribution in [3.63, 3.8) is 0 Å². The first kappa shape index (κ1) is 23.8. The molecule has 166 valence electrons. The zero-order valence-electron chi connectivity index (χ0n) is 17.8. The maximum Gasteiger partial charge on any atom is 0.255 e. The van der Waals surface area contributed by atoms with Crippen LogP contribution in [-0.2, 0) is 21.4 Å². The number of carbonyl (C=O) groups excluding carboxylic acids is 1. The minimum Gasteiger partial charge on any atom is -0.272 e. The fourth-order valence-corrected chi connectivity index (χ4v) is 4.55. The van der Waals surface area contributed by atoms with Crippen LogP contribution in [0.3, 0.4) is 0 Å². The lowest BCUT2D eigenvalue weighted by Crippen LogP contribution is -2.39. The van der Waals surface area contributed by atoms with Gasteiger partial charge in [0.15, 0.2) is 0 Å². The Kier molecular flexibility index (Phi) is 7.95. The molecule has 3 aromatic carbocycles. The zero-order chi connectivity index (χ0) is 23.1. The van der Waals surface area contributed by atoms with Crippen molar-refractivity contribution in [3.8, 4) is 0 Å². The molecule has 1 amide bonds. The molecule has 3 aromatic rings. The van der Waals surface area contributed by atoms with Crippen molar-refractivity contribution < 1.29 is 13.2 Å². The number of hydrazone groups is 1. The summed E-state index contributed by atoms with van der Waals surface area (Å²) in [4.78, 5) is 12.7. The van der Waals surface area contributed by atoms with E-state index in [4.69, 9.17) is 0 Å². The summed E-state index contributed by atoms with van der Waals surface area (Å²) in [5, 5.41) is 3.96. The number of aryl methyl sites for hydroxylation is 2. The molecule has 0 saturated carbocycles. The molecule has 1 N–H and O–H groups in total. The number of hydrogen-bond donors (Lipinski definition) is 1. The van der Waals surface area contributed by atoms with Crippen LogP contribution in [0.1, 0.15) is 22.3 Å². The van der Waals surface area contributed by atoms with Crippen molar-refractivity contribution in [1.29, 1.82) is 0 Å². The third-order valence-electron chi connectivity index (χ3n) is 4.73. The van der Waals surface area contributed by atoms with Crippen LogP contribution in [0, 0.1) is 13.8 Å². The molecule has 0 aliphatic heterocycles. The van der Waals surface area contributed by atoms with Crippen molar-refractivity contribution in [2.45, 2.75) is 25.3 Å². The van der Waals surface area contributed by atoms with Crippen molar-refractivity contribution in [2.75, 3.05) is 6.54 Å². The Hall–Kier alpha value is -2.81. The number of halogens is 1. The normalized spacial score (nSPS) is 11.8. The molecular formula is C24H24BrN3O3S. The Morgan fingerprint density at radius 1 is 0.938 bits per heavy atom. The van der Waals surface area contributed by atoms with Crippen LogP contribution >= 0.6 is 15.9 Å². The highest BCUT2D eigenvalue weighted by molar-refractivity contribution is 9.10. The average molecular weight is 514 g/mol. The molecule has 32 heavy (non-hydrogen) atoms. The number of carbonyl (C=O) groups is 1. The van der Waals surface area contributed by atoms with E-state index in [0.29, 0.717) is 0 Å². The van der Waals surface area contributed by atoms with Crippen LogP contribution < -0.4 is 5.43 Å². The van der Waals surface area contributed by atoms with Crippen molar-refractivity contribution in [2.24, 2.45) is 5.10 Å². The first-order valence-electron chi connectivity index (χ1n) is 9.94. The van der Waals surface area contributed by atoms with Gasteiger partial charge in [-0.2, -0.15) is 9.41 Å². The molecule has 0 aromatic heterocycles. The Balaban J connectivity index is 1.78. The first-order chi connectivity index (χ1) is 15.2. The lowest BCUT2D eigenvalue weighted by molar-refractivity contribution is -0.121. The maximum absolute atomic E-state index is 13.3. The number of amides is 1. The van der Waals surface area contributed by atoms with Crippen molar-refractivity contribution in [1.82, 2.24) is 9.73 Å². The molecule has 0 unspecified atom stereocenters. The van der Waals surface area contributed by atoms with Gasteiger partial charge in [0.2, 0.25) is 10.0 Å². The second kappa shape index (κ2) is 10.7. The molecule has 0 spiro atoms. The molecular weight excluding hydrogens is 490 g/mol. The summed E-state index contributed by atoms with van der Waals surface area (Å²) in [5.41, 5.74) is 6.08. The van der Waals surface area contributed by atoms with E-state index in [1.54, 1.807) is 24.3 Å². The topological polar surface area (TPSA) is 78.8 Å². The first-order valence-corrected chi connectivity index (χ1v) is 12.2. The van der Waals surface area contributed by atoms with Gasteiger partial charge in [-0.1, -0.05) is 75.6 Å². The van der Waals surface area contributed by atoms with Crippen LogP contribution in [0.25, 0.3) is 0 Å². The predicted octanol–water partition coefficient (Wildman–Crippen LogP) is 4.41. The van der Waals surface area contributed by atoms with Gasteiger partial charge in [-0.05, 0) is 49.2 Å². The van der Waals surface area contributed by atoms with Gasteiger partial charge in [-0.25, -0.2) is 13.8 Å². The average Bonchev–Trinajstić information content (AvgIpc) is 2.76. The highest BCUT2D eigenvalue weighted by Gasteiger charge is 2.27. The summed E-state index contributed by atoms with van der Waals surface area (Å²) < 4.78 is 28.6. The minimum absolute atomic E-state index is 0.0542. The fourth-order valence-electron chi connectivity index (χ4n) is 2.91. The lowest BCUT2D eigenvalue weighted by atomic mass is 10.2. The Morgan fingerprint density at radius 3 is 2.09 bits per heavy atom. The monoisotopic (exact) mass is 513 g/mol. The highest BCUT2D eigenvalue weighted by atomic mass is 79.9. The summed E-state index contributed by atoms with van der Waals surface area (Å²) in [6.07, 6.45) is 1.52. The molecule has 6 nitrogen and oxygen atoms in total. The molecule has 0 heterocycles. The van der Waals surface area contributed by atoms with E-state index in [1.165, 1.54) is 6.21 Å². The molecule has 0 bridgehead atoms. The van der Waals surface area contributed by atoms with E-state index in [-0.39, 0.29) is 18.0 Å².